The lowest BCUT2D eigenvalue weighted by Gasteiger charge is -2.37. The molecule has 4 aromatic rings. The summed E-state index contributed by atoms with van der Waals surface area (Å²) in [4.78, 5) is 6.68. The molecule has 1 aromatic heterocycles. The molecule has 35 heavy (non-hydrogen) atoms. The molecule has 0 radical (unpaired) electrons. The molecule has 1 atom stereocenters. The molecular weight excluding hydrogens is 459 g/mol. The molecule has 1 unspecified atom stereocenters. The number of nitrogens with one attached hydrogen (secondary N) is 1. The van der Waals surface area contributed by atoms with Crippen LogP contribution in [0.15, 0.2) is 83.0 Å². The Morgan fingerprint density at radius 1 is 0.971 bits per heavy atom. The highest BCUT2D eigenvalue weighted by Gasteiger charge is 2.34. The summed E-state index contributed by atoms with van der Waals surface area (Å²) >= 11 is 5.82. The molecule has 176 valence electrons. The van der Waals surface area contributed by atoms with E-state index in [2.05, 4.69) is 60.7 Å². The van der Waals surface area contributed by atoms with Crippen molar-refractivity contribution in [2.75, 3.05) is 4.90 Å². The van der Waals surface area contributed by atoms with Crippen LogP contribution in [-0.4, -0.2) is 15.3 Å². The second-order valence-electron chi connectivity index (χ2n) is 8.58. The van der Waals surface area contributed by atoms with Crippen LogP contribution in [0.2, 0.25) is 0 Å². The van der Waals surface area contributed by atoms with E-state index in [-0.39, 0.29) is 11.9 Å². The number of hydrogen-bond donors (Lipinski definition) is 1. The molecule has 1 aliphatic heterocycles. The fourth-order valence-corrected chi connectivity index (χ4v) is 4.63. The number of allylic oxidation sites excluding steroid dienone is 1. The highest BCUT2D eigenvalue weighted by molar-refractivity contribution is 7.80. The second kappa shape index (κ2) is 9.43. The summed E-state index contributed by atoms with van der Waals surface area (Å²) in [6.45, 7) is 6.20. The first-order chi connectivity index (χ1) is 16.9. The van der Waals surface area contributed by atoms with Crippen molar-refractivity contribution < 1.29 is 8.91 Å². The Kier molecular flexibility index (Phi) is 6.17. The minimum absolute atomic E-state index is 0.267. The van der Waals surface area contributed by atoms with Crippen molar-refractivity contribution in [2.24, 2.45) is 0 Å². The minimum atomic E-state index is -0.314. The van der Waals surface area contributed by atoms with Gasteiger partial charge >= 0.3 is 0 Å². The Balaban J connectivity index is 1.63. The molecule has 0 spiro atoms. The standard InChI is InChI=1S/C28H25FN4OS/c1-4-19-7-9-20(10-8-19)25-24(27-31-26(32-34-27)21-11-13-22(29)14-12-21)18(3)33(28(35)30-25)23-15-5-17(2)6-16-23/h5-16,25H,4H2,1-3H3,(H,30,35). The van der Waals surface area contributed by atoms with Gasteiger partial charge in [-0.15, -0.1) is 0 Å². The first kappa shape index (κ1) is 22.9. The maximum absolute atomic E-state index is 13.4. The maximum atomic E-state index is 13.4. The molecule has 0 saturated heterocycles. The van der Waals surface area contributed by atoms with Crippen LogP contribution in [0.3, 0.4) is 0 Å². The smallest absolute Gasteiger partial charge is 0.258 e. The molecule has 5 rings (SSSR count). The lowest BCUT2D eigenvalue weighted by molar-refractivity contribution is 0.404. The predicted octanol–water partition coefficient (Wildman–Crippen LogP) is 6.61. The largest absolute Gasteiger partial charge is 0.351 e. The summed E-state index contributed by atoms with van der Waals surface area (Å²) in [7, 11) is 0. The van der Waals surface area contributed by atoms with Crippen molar-refractivity contribution in [1.82, 2.24) is 15.5 Å². The maximum Gasteiger partial charge on any atom is 0.258 e. The first-order valence-electron chi connectivity index (χ1n) is 11.5. The molecule has 1 aliphatic rings. The van der Waals surface area contributed by atoms with Gasteiger partial charge in [-0.25, -0.2) is 4.39 Å². The van der Waals surface area contributed by atoms with E-state index < -0.39 is 0 Å². The van der Waals surface area contributed by atoms with Gasteiger partial charge < -0.3 is 9.84 Å². The Bertz CT molecular complexity index is 1390. The number of hydrogen-bond acceptors (Lipinski definition) is 4. The number of anilines is 1. The fraction of sp³-hybridized carbons (Fsp3) is 0.179. The van der Waals surface area contributed by atoms with E-state index in [1.165, 1.54) is 23.3 Å². The first-order valence-corrected chi connectivity index (χ1v) is 11.9. The zero-order valence-corrected chi connectivity index (χ0v) is 20.6. The van der Waals surface area contributed by atoms with Gasteiger partial charge in [-0.2, -0.15) is 4.98 Å². The lowest BCUT2D eigenvalue weighted by Crippen LogP contribution is -2.46. The summed E-state index contributed by atoms with van der Waals surface area (Å²) in [5.41, 5.74) is 6.83. The monoisotopic (exact) mass is 484 g/mol. The van der Waals surface area contributed by atoms with E-state index in [0.717, 1.165) is 28.9 Å². The third-order valence-electron chi connectivity index (χ3n) is 6.26. The SMILES string of the molecule is CCc1ccc(C2NC(=S)N(c3ccc(C)cc3)C(C)=C2c2nc(-c3ccc(F)cc3)no2)cc1. The summed E-state index contributed by atoms with van der Waals surface area (Å²) < 4.78 is 19.2. The van der Waals surface area contributed by atoms with Crippen LogP contribution >= 0.6 is 12.2 Å². The van der Waals surface area contributed by atoms with Crippen LogP contribution in [0.1, 0.15) is 42.5 Å². The normalized spacial score (nSPS) is 15.9. The van der Waals surface area contributed by atoms with Crippen molar-refractivity contribution in [2.45, 2.75) is 33.2 Å². The van der Waals surface area contributed by atoms with Crippen molar-refractivity contribution >= 4 is 28.6 Å². The number of halogens is 1. The van der Waals surface area contributed by atoms with Gasteiger partial charge in [-0.05, 0) is 80.0 Å². The van der Waals surface area contributed by atoms with Gasteiger partial charge in [0.15, 0.2) is 5.11 Å². The molecule has 7 heteroatoms. The van der Waals surface area contributed by atoms with Gasteiger partial charge in [0.25, 0.3) is 5.89 Å². The van der Waals surface area contributed by atoms with Gasteiger partial charge in [0.05, 0.1) is 11.6 Å². The van der Waals surface area contributed by atoms with Crippen molar-refractivity contribution in [3.8, 4) is 11.4 Å². The molecule has 0 fully saturated rings. The second-order valence-corrected chi connectivity index (χ2v) is 8.96. The quantitative estimate of drug-likeness (QED) is 0.322. The number of thiocarbonyl (C=S) groups is 1. The fourth-order valence-electron chi connectivity index (χ4n) is 4.27. The molecule has 0 bridgehead atoms. The summed E-state index contributed by atoms with van der Waals surface area (Å²) in [6, 6.07) is 22.4. The number of benzene rings is 3. The molecular formula is C28H25FN4OS. The average molecular weight is 485 g/mol. The number of nitrogens with zero attached hydrogens (tertiary/aromatic N) is 3. The summed E-state index contributed by atoms with van der Waals surface area (Å²) in [5, 5.41) is 8.27. The van der Waals surface area contributed by atoms with Gasteiger partial charge in [0, 0.05) is 16.9 Å². The Hall–Kier alpha value is -3.84. The number of rotatable bonds is 5. The van der Waals surface area contributed by atoms with Crippen molar-refractivity contribution in [3.63, 3.8) is 0 Å². The van der Waals surface area contributed by atoms with Crippen molar-refractivity contribution in [3.05, 3.63) is 107 Å². The molecule has 2 heterocycles. The average Bonchev–Trinajstić information content (AvgIpc) is 3.35. The lowest BCUT2D eigenvalue weighted by atomic mass is 9.93. The van der Waals surface area contributed by atoms with E-state index in [9.17, 15) is 4.39 Å². The van der Waals surface area contributed by atoms with Crippen LogP contribution in [0, 0.1) is 12.7 Å². The summed E-state index contributed by atoms with van der Waals surface area (Å²) in [5.74, 6) is 0.472. The number of aryl methyl sites for hydroxylation is 2. The Morgan fingerprint density at radius 2 is 1.66 bits per heavy atom. The molecule has 5 nitrogen and oxygen atoms in total. The van der Waals surface area contributed by atoms with Crippen LogP contribution in [-0.2, 0) is 6.42 Å². The number of aromatic nitrogens is 2. The highest BCUT2D eigenvalue weighted by Crippen LogP contribution is 2.39. The predicted molar refractivity (Wildman–Crippen MR) is 140 cm³/mol. The zero-order valence-electron chi connectivity index (χ0n) is 19.7. The zero-order chi connectivity index (χ0) is 24.5. The Morgan fingerprint density at radius 3 is 2.31 bits per heavy atom. The molecule has 0 aliphatic carbocycles. The van der Waals surface area contributed by atoms with Crippen LogP contribution in [0.4, 0.5) is 10.1 Å². The summed E-state index contributed by atoms with van der Waals surface area (Å²) in [6.07, 6.45) is 0.963. The Labute approximate surface area is 209 Å². The van der Waals surface area contributed by atoms with E-state index in [1.807, 2.05) is 24.0 Å². The molecule has 0 amide bonds. The molecule has 3 aromatic carbocycles. The van der Waals surface area contributed by atoms with Gasteiger partial charge in [-0.1, -0.05) is 54.0 Å². The van der Waals surface area contributed by atoms with E-state index in [4.69, 9.17) is 21.7 Å². The topological polar surface area (TPSA) is 54.2 Å². The van der Waals surface area contributed by atoms with Crippen LogP contribution in [0.5, 0.6) is 0 Å². The third-order valence-corrected chi connectivity index (χ3v) is 6.56. The van der Waals surface area contributed by atoms with E-state index >= 15 is 0 Å². The van der Waals surface area contributed by atoms with E-state index in [0.29, 0.717) is 22.4 Å². The van der Waals surface area contributed by atoms with Crippen LogP contribution in [0.25, 0.3) is 17.0 Å². The molecule has 0 saturated carbocycles. The highest BCUT2D eigenvalue weighted by atomic mass is 32.1. The molecule has 1 N–H and O–H groups in total. The van der Waals surface area contributed by atoms with Gasteiger partial charge in [-0.3, -0.25) is 4.90 Å². The van der Waals surface area contributed by atoms with E-state index in [1.54, 1.807) is 12.1 Å². The minimum Gasteiger partial charge on any atom is -0.351 e. The van der Waals surface area contributed by atoms with Crippen LogP contribution < -0.4 is 10.2 Å². The third kappa shape index (κ3) is 4.47. The van der Waals surface area contributed by atoms with Crippen molar-refractivity contribution in [1.29, 1.82) is 0 Å². The van der Waals surface area contributed by atoms with Gasteiger partial charge in [0.1, 0.15) is 5.82 Å². The van der Waals surface area contributed by atoms with Gasteiger partial charge in [0.2, 0.25) is 5.82 Å².